The van der Waals surface area contributed by atoms with E-state index in [9.17, 15) is 13.2 Å². The van der Waals surface area contributed by atoms with Crippen LogP contribution in [0.25, 0.3) is 0 Å². The van der Waals surface area contributed by atoms with Gasteiger partial charge in [0.25, 0.3) is 0 Å². The summed E-state index contributed by atoms with van der Waals surface area (Å²) in [6, 6.07) is 2.36. The van der Waals surface area contributed by atoms with Crippen molar-refractivity contribution in [3.05, 3.63) is 36.3 Å². The average molecular weight is 339 g/mol. The number of halogens is 3. The van der Waals surface area contributed by atoms with E-state index in [1.807, 2.05) is 4.90 Å². The normalized spacial score (nSPS) is 15.5. The van der Waals surface area contributed by atoms with Gasteiger partial charge in [-0.05, 0) is 12.1 Å². The Morgan fingerprint density at radius 2 is 1.79 bits per heavy atom. The summed E-state index contributed by atoms with van der Waals surface area (Å²) in [6.45, 7) is 1.88. The molecule has 3 rings (SSSR count). The Morgan fingerprint density at radius 3 is 2.46 bits per heavy atom. The highest BCUT2D eigenvalue weighted by Gasteiger charge is 2.36. The van der Waals surface area contributed by atoms with Crippen LogP contribution in [0.1, 0.15) is 5.56 Å². The van der Waals surface area contributed by atoms with Crippen LogP contribution >= 0.6 is 0 Å². The SMILES string of the molecule is COc1cncc(N2CCN(c3ncccc3C(F)(F)F)CC2)n1. The van der Waals surface area contributed by atoms with E-state index in [2.05, 4.69) is 15.0 Å². The first kappa shape index (κ1) is 16.3. The zero-order valence-electron chi connectivity index (χ0n) is 13.0. The maximum absolute atomic E-state index is 13.1. The van der Waals surface area contributed by atoms with Gasteiger partial charge >= 0.3 is 6.18 Å². The molecule has 2 aromatic rings. The summed E-state index contributed by atoms with van der Waals surface area (Å²) in [5, 5.41) is 0. The lowest BCUT2D eigenvalue weighted by Crippen LogP contribution is -2.47. The number of hydrogen-bond acceptors (Lipinski definition) is 6. The average Bonchev–Trinajstić information content (AvgIpc) is 2.61. The Labute approximate surface area is 136 Å². The van der Waals surface area contributed by atoms with E-state index < -0.39 is 11.7 Å². The smallest absolute Gasteiger partial charge is 0.419 e. The number of ether oxygens (including phenoxy) is 1. The van der Waals surface area contributed by atoms with Crippen molar-refractivity contribution in [3.63, 3.8) is 0 Å². The van der Waals surface area contributed by atoms with E-state index in [0.717, 1.165) is 6.07 Å². The Hall–Kier alpha value is -2.58. The molecule has 9 heteroatoms. The van der Waals surface area contributed by atoms with Crippen molar-refractivity contribution < 1.29 is 17.9 Å². The van der Waals surface area contributed by atoms with Gasteiger partial charge in [-0.15, -0.1) is 0 Å². The van der Waals surface area contributed by atoms with Crippen LogP contribution in [-0.2, 0) is 6.18 Å². The summed E-state index contributed by atoms with van der Waals surface area (Å²) in [5.41, 5.74) is -0.709. The number of anilines is 2. The minimum Gasteiger partial charge on any atom is -0.480 e. The Kier molecular flexibility index (Phi) is 4.41. The Morgan fingerprint density at radius 1 is 1.08 bits per heavy atom. The van der Waals surface area contributed by atoms with Crippen LogP contribution in [0.3, 0.4) is 0 Å². The number of piperazine rings is 1. The first-order valence-corrected chi connectivity index (χ1v) is 7.37. The lowest BCUT2D eigenvalue weighted by Gasteiger charge is -2.36. The molecule has 0 unspecified atom stereocenters. The van der Waals surface area contributed by atoms with Crippen molar-refractivity contribution in [3.8, 4) is 5.88 Å². The van der Waals surface area contributed by atoms with Crippen molar-refractivity contribution in [2.45, 2.75) is 6.18 Å². The molecule has 0 saturated carbocycles. The predicted octanol–water partition coefficient (Wildman–Crippen LogP) is 2.23. The van der Waals surface area contributed by atoms with Crippen LogP contribution in [-0.4, -0.2) is 48.2 Å². The van der Waals surface area contributed by atoms with Gasteiger partial charge in [-0.25, -0.2) is 4.98 Å². The van der Waals surface area contributed by atoms with Crippen LogP contribution in [0.5, 0.6) is 5.88 Å². The van der Waals surface area contributed by atoms with Crippen molar-refractivity contribution in [1.29, 1.82) is 0 Å². The van der Waals surface area contributed by atoms with Crippen LogP contribution in [0.4, 0.5) is 24.8 Å². The Balaban J connectivity index is 1.74. The van der Waals surface area contributed by atoms with Gasteiger partial charge in [-0.3, -0.25) is 4.98 Å². The van der Waals surface area contributed by atoms with Crippen molar-refractivity contribution in [2.24, 2.45) is 0 Å². The molecule has 1 aliphatic rings. The molecular weight excluding hydrogens is 323 g/mol. The van der Waals surface area contributed by atoms with E-state index in [4.69, 9.17) is 4.74 Å². The Bertz CT molecular complexity index is 702. The summed E-state index contributed by atoms with van der Waals surface area (Å²) in [6.07, 6.45) is 0.0762. The lowest BCUT2D eigenvalue weighted by atomic mass is 10.2. The summed E-state index contributed by atoms with van der Waals surface area (Å²) < 4.78 is 44.4. The first-order valence-electron chi connectivity index (χ1n) is 7.37. The molecule has 0 atom stereocenters. The van der Waals surface area contributed by atoms with Crippen molar-refractivity contribution in [1.82, 2.24) is 15.0 Å². The molecule has 3 heterocycles. The number of pyridine rings is 1. The fourth-order valence-electron chi connectivity index (χ4n) is 2.61. The van der Waals surface area contributed by atoms with Crippen molar-refractivity contribution in [2.75, 3.05) is 43.1 Å². The molecule has 0 aromatic carbocycles. The molecule has 2 aromatic heterocycles. The van der Waals surface area contributed by atoms with Gasteiger partial charge in [0.15, 0.2) is 5.82 Å². The molecule has 0 amide bonds. The first-order chi connectivity index (χ1) is 11.5. The number of methoxy groups -OCH3 is 1. The quantitative estimate of drug-likeness (QED) is 0.855. The summed E-state index contributed by atoms with van der Waals surface area (Å²) in [5.74, 6) is 1.02. The monoisotopic (exact) mass is 339 g/mol. The molecule has 128 valence electrons. The third-order valence-corrected chi connectivity index (χ3v) is 3.80. The standard InChI is InChI=1S/C15H16F3N5O/c1-24-13-10-19-9-12(21-13)22-5-7-23(8-6-22)14-11(15(16,17)18)3-2-4-20-14/h2-4,9-10H,5-8H2,1H3. The molecule has 0 aliphatic carbocycles. The highest BCUT2D eigenvalue weighted by atomic mass is 19.4. The third kappa shape index (κ3) is 3.34. The fraction of sp³-hybridized carbons (Fsp3) is 0.400. The second kappa shape index (κ2) is 6.50. The maximum Gasteiger partial charge on any atom is 0.419 e. The lowest BCUT2D eigenvalue weighted by molar-refractivity contribution is -0.137. The topological polar surface area (TPSA) is 54.4 Å². The van der Waals surface area contributed by atoms with E-state index in [1.165, 1.54) is 25.6 Å². The number of aromatic nitrogens is 3. The van der Waals surface area contributed by atoms with Crippen LogP contribution in [0.2, 0.25) is 0 Å². The predicted molar refractivity (Wildman–Crippen MR) is 82.2 cm³/mol. The largest absolute Gasteiger partial charge is 0.480 e. The molecule has 1 aliphatic heterocycles. The maximum atomic E-state index is 13.1. The second-order valence-electron chi connectivity index (χ2n) is 5.27. The summed E-state index contributed by atoms with van der Waals surface area (Å²) in [4.78, 5) is 15.9. The molecule has 6 nitrogen and oxygen atoms in total. The minimum absolute atomic E-state index is 0.0265. The van der Waals surface area contributed by atoms with E-state index in [0.29, 0.717) is 37.9 Å². The molecular formula is C15H16F3N5O. The highest BCUT2D eigenvalue weighted by molar-refractivity contribution is 5.50. The van der Waals surface area contributed by atoms with Crippen LogP contribution in [0.15, 0.2) is 30.7 Å². The van der Waals surface area contributed by atoms with E-state index in [1.54, 1.807) is 11.1 Å². The third-order valence-electron chi connectivity index (χ3n) is 3.80. The number of alkyl halides is 3. The second-order valence-corrected chi connectivity index (χ2v) is 5.27. The van der Waals surface area contributed by atoms with Crippen LogP contribution < -0.4 is 14.5 Å². The summed E-state index contributed by atoms with van der Waals surface area (Å²) >= 11 is 0. The molecule has 1 fully saturated rings. The molecule has 0 bridgehead atoms. The van der Waals surface area contributed by atoms with Gasteiger partial charge in [0, 0.05) is 32.4 Å². The van der Waals surface area contributed by atoms with Gasteiger partial charge in [0.1, 0.15) is 5.82 Å². The molecule has 0 radical (unpaired) electrons. The van der Waals surface area contributed by atoms with Gasteiger partial charge in [-0.2, -0.15) is 18.2 Å². The minimum atomic E-state index is -4.42. The summed E-state index contributed by atoms with van der Waals surface area (Å²) in [7, 11) is 1.51. The molecule has 0 N–H and O–H groups in total. The van der Waals surface area contributed by atoms with E-state index in [-0.39, 0.29) is 5.82 Å². The van der Waals surface area contributed by atoms with Crippen molar-refractivity contribution >= 4 is 11.6 Å². The molecule has 24 heavy (non-hydrogen) atoms. The van der Waals surface area contributed by atoms with Gasteiger partial charge in [-0.1, -0.05) is 0 Å². The van der Waals surface area contributed by atoms with Crippen LogP contribution in [0, 0.1) is 0 Å². The highest BCUT2D eigenvalue weighted by Crippen LogP contribution is 2.35. The van der Waals surface area contributed by atoms with E-state index >= 15 is 0 Å². The fourth-order valence-corrected chi connectivity index (χ4v) is 2.61. The number of rotatable bonds is 3. The van der Waals surface area contributed by atoms with Gasteiger partial charge in [0.05, 0.1) is 25.1 Å². The molecule has 0 spiro atoms. The number of hydrogen-bond donors (Lipinski definition) is 0. The number of nitrogens with zero attached hydrogens (tertiary/aromatic N) is 5. The zero-order valence-corrected chi connectivity index (χ0v) is 13.0. The molecule has 1 saturated heterocycles. The van der Waals surface area contributed by atoms with Gasteiger partial charge in [0.2, 0.25) is 5.88 Å². The van der Waals surface area contributed by atoms with Gasteiger partial charge < -0.3 is 14.5 Å². The zero-order chi connectivity index (χ0) is 17.2.